The summed E-state index contributed by atoms with van der Waals surface area (Å²) in [6.45, 7) is 9.25. The van der Waals surface area contributed by atoms with Crippen molar-refractivity contribution < 1.29 is 9.59 Å². The zero-order chi connectivity index (χ0) is 9.86. The van der Waals surface area contributed by atoms with Crippen LogP contribution in [-0.2, 0) is 9.59 Å². The van der Waals surface area contributed by atoms with Gasteiger partial charge in [-0.15, -0.1) is 0 Å². The van der Waals surface area contributed by atoms with Gasteiger partial charge in [0.1, 0.15) is 6.29 Å². The van der Waals surface area contributed by atoms with E-state index >= 15 is 0 Å². The summed E-state index contributed by atoms with van der Waals surface area (Å²) in [6.07, 6.45) is 0.750. The molecular formula is C8H19NO2. The highest BCUT2D eigenvalue weighted by Crippen LogP contribution is 1.81. The van der Waals surface area contributed by atoms with Gasteiger partial charge in [0.2, 0.25) is 5.91 Å². The van der Waals surface area contributed by atoms with Crippen molar-refractivity contribution in [2.75, 3.05) is 0 Å². The van der Waals surface area contributed by atoms with Crippen molar-refractivity contribution >= 4 is 12.2 Å². The minimum atomic E-state index is -0.333. The number of primary amides is 1. The number of carbonyl (C=O) groups excluding carboxylic acids is 2. The minimum absolute atomic E-state index is 0.333. The van der Waals surface area contributed by atoms with Gasteiger partial charge in [-0.25, -0.2) is 0 Å². The Kier molecular flexibility index (Phi) is 24.3. The summed E-state index contributed by atoms with van der Waals surface area (Å²) < 4.78 is 0. The van der Waals surface area contributed by atoms with Gasteiger partial charge >= 0.3 is 0 Å². The van der Waals surface area contributed by atoms with Crippen molar-refractivity contribution in [3.8, 4) is 0 Å². The fourth-order valence-electron chi connectivity index (χ4n) is 0. The quantitative estimate of drug-likeness (QED) is 0.545. The van der Waals surface area contributed by atoms with Crippen LogP contribution in [0, 0.1) is 5.92 Å². The van der Waals surface area contributed by atoms with Gasteiger partial charge in [0.15, 0.2) is 0 Å². The average Bonchev–Trinajstić information content (AvgIpc) is 1.60. The Morgan fingerprint density at radius 1 is 1.36 bits per heavy atom. The van der Waals surface area contributed by atoms with Gasteiger partial charge in [-0.3, -0.25) is 4.79 Å². The van der Waals surface area contributed by atoms with Gasteiger partial charge in [-0.1, -0.05) is 20.8 Å². The van der Waals surface area contributed by atoms with E-state index in [1.807, 2.05) is 0 Å². The van der Waals surface area contributed by atoms with E-state index in [0.717, 1.165) is 12.2 Å². The number of rotatable bonds is 0. The second-order valence-electron chi connectivity index (χ2n) is 2.58. The number of aldehydes is 1. The molecule has 0 unspecified atom stereocenters. The summed E-state index contributed by atoms with van der Waals surface area (Å²) in [5.74, 6) is 0.500. The predicted molar refractivity (Wildman–Crippen MR) is 47.1 cm³/mol. The molecule has 3 nitrogen and oxygen atoms in total. The van der Waals surface area contributed by atoms with Crippen LogP contribution in [0.25, 0.3) is 0 Å². The van der Waals surface area contributed by atoms with Crippen LogP contribution in [0.5, 0.6) is 0 Å². The third-order valence-electron chi connectivity index (χ3n) is 0. The van der Waals surface area contributed by atoms with Crippen LogP contribution < -0.4 is 5.73 Å². The molecule has 3 heteroatoms. The van der Waals surface area contributed by atoms with E-state index < -0.39 is 0 Å². The molecule has 1 amide bonds. The highest BCUT2D eigenvalue weighted by Gasteiger charge is 1.68. The molecule has 68 valence electrons. The predicted octanol–water partition coefficient (Wildman–Crippen LogP) is 1.36. The van der Waals surface area contributed by atoms with Crippen LogP contribution in [0.15, 0.2) is 0 Å². The van der Waals surface area contributed by atoms with Crippen LogP contribution in [0.2, 0.25) is 0 Å². The lowest BCUT2D eigenvalue weighted by Crippen LogP contribution is -2.01. The molecule has 0 heterocycles. The van der Waals surface area contributed by atoms with Crippen molar-refractivity contribution in [1.29, 1.82) is 0 Å². The molecule has 0 aliphatic heterocycles. The third-order valence-corrected chi connectivity index (χ3v) is 0. The molecule has 11 heavy (non-hydrogen) atoms. The van der Waals surface area contributed by atoms with E-state index in [4.69, 9.17) is 4.79 Å². The molecule has 0 aliphatic rings. The largest absolute Gasteiger partial charge is 0.370 e. The maximum atomic E-state index is 9.22. The lowest BCUT2D eigenvalue weighted by Gasteiger charge is -1.79. The molecule has 0 aromatic heterocycles. The standard InChI is InChI=1S/C4H10.C2H5NO.C2H4O/c1-4(2)3;1-2(3)4;1-2-3/h4H,1-3H3;1H3,(H2,3,4);2H,1H3. The van der Waals surface area contributed by atoms with Crippen LogP contribution >= 0.6 is 0 Å². The zero-order valence-electron chi connectivity index (χ0n) is 8.05. The van der Waals surface area contributed by atoms with E-state index in [0.29, 0.717) is 0 Å². The number of hydrogen-bond acceptors (Lipinski definition) is 2. The second kappa shape index (κ2) is 16.1. The van der Waals surface area contributed by atoms with Crippen LogP contribution in [0.1, 0.15) is 34.6 Å². The van der Waals surface area contributed by atoms with E-state index in [2.05, 4.69) is 26.5 Å². The van der Waals surface area contributed by atoms with E-state index in [9.17, 15) is 4.79 Å². The summed E-state index contributed by atoms with van der Waals surface area (Å²) in [4.78, 5) is 18.0. The molecular weight excluding hydrogens is 142 g/mol. The third kappa shape index (κ3) is 630. The molecule has 0 saturated heterocycles. The fraction of sp³-hybridized carbons (Fsp3) is 0.750. The first-order valence-corrected chi connectivity index (χ1v) is 3.54. The average molecular weight is 161 g/mol. The van der Waals surface area contributed by atoms with Crippen LogP contribution in [0.3, 0.4) is 0 Å². The maximum absolute atomic E-state index is 9.22. The number of carbonyl (C=O) groups is 2. The first-order valence-electron chi connectivity index (χ1n) is 3.54. The Morgan fingerprint density at radius 2 is 1.36 bits per heavy atom. The summed E-state index contributed by atoms with van der Waals surface area (Å²) in [5, 5.41) is 0. The van der Waals surface area contributed by atoms with Gasteiger partial charge in [0.25, 0.3) is 0 Å². The number of hydrogen-bond donors (Lipinski definition) is 1. The maximum Gasteiger partial charge on any atom is 0.214 e. The molecule has 0 saturated carbocycles. The molecule has 0 spiro atoms. The number of amides is 1. The number of nitrogens with two attached hydrogens (primary N) is 1. The van der Waals surface area contributed by atoms with E-state index in [1.165, 1.54) is 13.8 Å². The van der Waals surface area contributed by atoms with Crippen molar-refractivity contribution in [2.45, 2.75) is 34.6 Å². The Hall–Kier alpha value is -0.860. The molecule has 2 N–H and O–H groups in total. The normalized spacial score (nSPS) is 6.73. The summed E-state index contributed by atoms with van der Waals surface area (Å²) in [5.41, 5.74) is 4.47. The molecule has 0 fully saturated rings. The molecule has 0 aromatic rings. The van der Waals surface area contributed by atoms with Crippen molar-refractivity contribution in [3.05, 3.63) is 0 Å². The molecule has 0 bridgehead atoms. The summed E-state index contributed by atoms with van der Waals surface area (Å²) in [6, 6.07) is 0. The van der Waals surface area contributed by atoms with Gasteiger partial charge in [-0.05, 0) is 12.8 Å². The first kappa shape index (κ1) is 16.6. The van der Waals surface area contributed by atoms with Gasteiger partial charge in [0, 0.05) is 6.92 Å². The van der Waals surface area contributed by atoms with Gasteiger partial charge in [-0.2, -0.15) is 0 Å². The lowest BCUT2D eigenvalue weighted by atomic mass is 10.3. The van der Waals surface area contributed by atoms with Gasteiger partial charge < -0.3 is 10.5 Å². The smallest absolute Gasteiger partial charge is 0.214 e. The van der Waals surface area contributed by atoms with Crippen molar-refractivity contribution in [2.24, 2.45) is 11.7 Å². The highest BCUT2D eigenvalue weighted by atomic mass is 16.1. The Morgan fingerprint density at radius 3 is 1.36 bits per heavy atom. The molecule has 0 aromatic carbocycles. The van der Waals surface area contributed by atoms with E-state index in [-0.39, 0.29) is 5.91 Å². The molecule has 0 aliphatic carbocycles. The second-order valence-corrected chi connectivity index (χ2v) is 2.58. The minimum Gasteiger partial charge on any atom is -0.370 e. The molecule has 0 rings (SSSR count). The topological polar surface area (TPSA) is 60.2 Å². The Bertz CT molecular complexity index is 83.3. The summed E-state index contributed by atoms with van der Waals surface area (Å²) >= 11 is 0. The Labute approximate surface area is 69.0 Å². The summed E-state index contributed by atoms with van der Waals surface area (Å²) in [7, 11) is 0. The van der Waals surface area contributed by atoms with Gasteiger partial charge in [0.05, 0.1) is 0 Å². The molecule has 0 radical (unpaired) electrons. The van der Waals surface area contributed by atoms with Crippen LogP contribution in [0.4, 0.5) is 0 Å². The van der Waals surface area contributed by atoms with E-state index in [1.54, 1.807) is 0 Å². The van der Waals surface area contributed by atoms with Crippen molar-refractivity contribution in [3.63, 3.8) is 0 Å². The first-order chi connectivity index (χ1) is 4.88. The highest BCUT2D eigenvalue weighted by molar-refractivity contribution is 5.70. The monoisotopic (exact) mass is 161 g/mol. The van der Waals surface area contributed by atoms with Crippen molar-refractivity contribution in [1.82, 2.24) is 0 Å². The fourth-order valence-corrected chi connectivity index (χ4v) is 0. The Balaban J connectivity index is -0.0000000886. The lowest BCUT2D eigenvalue weighted by molar-refractivity contribution is -0.116. The SMILES string of the molecule is CC(C)C.CC(N)=O.CC=O. The van der Waals surface area contributed by atoms with Crippen LogP contribution in [-0.4, -0.2) is 12.2 Å². The zero-order valence-corrected chi connectivity index (χ0v) is 8.05. The molecule has 0 atom stereocenters.